The molecule has 0 bridgehead atoms. The second-order valence-corrected chi connectivity index (χ2v) is 6.19. The van der Waals surface area contributed by atoms with Gasteiger partial charge >= 0.3 is 5.97 Å². The number of rotatable bonds is 3. The molecule has 7 heteroatoms. The van der Waals surface area contributed by atoms with Gasteiger partial charge in [-0.25, -0.2) is 9.29 Å². The molecule has 0 saturated carbocycles. The first-order valence-corrected chi connectivity index (χ1v) is 8.00. The lowest BCUT2D eigenvalue weighted by Gasteiger charge is -2.18. The van der Waals surface area contributed by atoms with Crippen molar-refractivity contribution in [3.8, 4) is 0 Å². The number of ether oxygens (including phenoxy) is 1. The van der Waals surface area contributed by atoms with Gasteiger partial charge < -0.3 is 4.74 Å². The van der Waals surface area contributed by atoms with Gasteiger partial charge in [0.05, 0.1) is 10.7 Å². The highest BCUT2D eigenvalue weighted by Crippen LogP contribution is 2.37. The second-order valence-electron chi connectivity index (χ2n) is 5.79. The Labute approximate surface area is 143 Å². The van der Waals surface area contributed by atoms with Crippen LogP contribution in [0.3, 0.4) is 0 Å². The molecule has 2 aliphatic rings. The lowest BCUT2D eigenvalue weighted by Crippen LogP contribution is -2.32. The lowest BCUT2D eigenvalue weighted by molar-refractivity contribution is -0.142. The number of amides is 2. The number of carbonyl (C=O) groups is 3. The largest absolute Gasteiger partial charge is 0.461 e. The number of hydrogen-bond acceptors (Lipinski definition) is 4. The summed E-state index contributed by atoms with van der Waals surface area (Å²) in [7, 11) is 0. The monoisotopic (exact) mass is 351 g/mol. The standard InChI is InChI=1S/C17H15ClFNO4/c1-9(21)24-8-10-6-15(14(19)7-13(10)18)20-16(22)11-4-2-3-5-12(11)17(20)23/h6-7H,2-5,8H2,1H3. The molecule has 5 nitrogen and oxygen atoms in total. The van der Waals surface area contributed by atoms with Crippen molar-refractivity contribution in [3.63, 3.8) is 0 Å². The zero-order valence-corrected chi connectivity index (χ0v) is 13.8. The summed E-state index contributed by atoms with van der Waals surface area (Å²) < 4.78 is 19.2. The summed E-state index contributed by atoms with van der Waals surface area (Å²) in [6.45, 7) is 1.08. The molecule has 2 amide bonds. The average Bonchev–Trinajstić information content (AvgIpc) is 2.79. The van der Waals surface area contributed by atoms with Crippen molar-refractivity contribution < 1.29 is 23.5 Å². The first-order valence-electron chi connectivity index (χ1n) is 7.62. The van der Waals surface area contributed by atoms with E-state index >= 15 is 0 Å². The maximum absolute atomic E-state index is 14.3. The normalized spacial score (nSPS) is 17.4. The van der Waals surface area contributed by atoms with E-state index in [1.165, 1.54) is 13.0 Å². The van der Waals surface area contributed by atoms with Gasteiger partial charge in [0.1, 0.15) is 12.4 Å². The van der Waals surface area contributed by atoms with E-state index in [1.54, 1.807) is 0 Å². The fourth-order valence-electron chi connectivity index (χ4n) is 3.00. The van der Waals surface area contributed by atoms with Gasteiger partial charge in [-0.2, -0.15) is 0 Å². The summed E-state index contributed by atoms with van der Waals surface area (Å²) in [5.41, 5.74) is 1.11. The Bertz CT molecular complexity index is 759. The predicted molar refractivity (Wildman–Crippen MR) is 84.9 cm³/mol. The highest BCUT2D eigenvalue weighted by atomic mass is 35.5. The van der Waals surface area contributed by atoms with E-state index in [9.17, 15) is 18.8 Å². The van der Waals surface area contributed by atoms with Crippen molar-refractivity contribution >= 4 is 35.1 Å². The summed E-state index contributed by atoms with van der Waals surface area (Å²) in [6, 6.07) is 2.31. The highest BCUT2D eigenvalue weighted by Gasteiger charge is 2.40. The maximum atomic E-state index is 14.3. The van der Waals surface area contributed by atoms with Gasteiger partial charge in [-0.05, 0) is 37.8 Å². The first-order chi connectivity index (χ1) is 11.4. The minimum atomic E-state index is -0.770. The molecule has 0 saturated heterocycles. The van der Waals surface area contributed by atoms with Crippen LogP contribution in [0.25, 0.3) is 0 Å². The van der Waals surface area contributed by atoms with Crippen LogP contribution in [-0.2, 0) is 25.7 Å². The number of halogens is 2. The number of carbonyl (C=O) groups excluding carboxylic acids is 3. The minimum absolute atomic E-state index is 0.0642. The summed E-state index contributed by atoms with van der Waals surface area (Å²) in [5, 5.41) is 0.0642. The Hall–Kier alpha value is -2.21. The third-order valence-electron chi connectivity index (χ3n) is 4.18. The number of nitrogens with zero attached hydrogens (tertiary/aromatic N) is 1. The summed E-state index contributed by atoms with van der Waals surface area (Å²) in [6.07, 6.45) is 2.75. The van der Waals surface area contributed by atoms with Crippen molar-refractivity contribution in [1.29, 1.82) is 0 Å². The van der Waals surface area contributed by atoms with Crippen LogP contribution in [0, 0.1) is 5.82 Å². The molecule has 126 valence electrons. The molecular weight excluding hydrogens is 337 g/mol. The van der Waals surface area contributed by atoms with E-state index < -0.39 is 23.6 Å². The number of esters is 1. The molecule has 0 N–H and O–H groups in total. The van der Waals surface area contributed by atoms with Gasteiger partial charge in [0.25, 0.3) is 11.8 Å². The molecule has 1 heterocycles. The molecule has 1 aliphatic heterocycles. The quantitative estimate of drug-likeness (QED) is 0.619. The van der Waals surface area contributed by atoms with E-state index in [1.807, 2.05) is 0 Å². The molecule has 0 unspecified atom stereocenters. The number of benzene rings is 1. The number of hydrogen-bond donors (Lipinski definition) is 0. The van der Waals surface area contributed by atoms with Crippen LogP contribution in [0.1, 0.15) is 38.2 Å². The Kier molecular flexibility index (Phi) is 4.41. The van der Waals surface area contributed by atoms with Crippen LogP contribution in [0.5, 0.6) is 0 Å². The number of anilines is 1. The van der Waals surface area contributed by atoms with Crippen molar-refractivity contribution in [2.75, 3.05) is 4.90 Å². The van der Waals surface area contributed by atoms with Crippen LogP contribution < -0.4 is 4.90 Å². The number of imide groups is 1. The molecule has 3 rings (SSSR count). The molecule has 24 heavy (non-hydrogen) atoms. The molecule has 0 fully saturated rings. The van der Waals surface area contributed by atoms with E-state index in [0.29, 0.717) is 29.6 Å². The van der Waals surface area contributed by atoms with Crippen molar-refractivity contribution in [3.05, 3.63) is 39.7 Å². The van der Waals surface area contributed by atoms with Crippen molar-refractivity contribution in [1.82, 2.24) is 0 Å². The third-order valence-corrected chi connectivity index (χ3v) is 4.53. The van der Waals surface area contributed by atoms with Crippen LogP contribution in [0.2, 0.25) is 5.02 Å². The van der Waals surface area contributed by atoms with Gasteiger partial charge in [0, 0.05) is 23.6 Å². The van der Waals surface area contributed by atoms with E-state index in [2.05, 4.69) is 0 Å². The van der Waals surface area contributed by atoms with E-state index in [0.717, 1.165) is 23.8 Å². The fraction of sp³-hybridized carbons (Fsp3) is 0.353. The summed E-state index contributed by atoms with van der Waals surface area (Å²) >= 11 is 5.96. The Balaban J connectivity index is 1.97. The molecule has 1 aromatic carbocycles. The molecule has 0 atom stereocenters. The topological polar surface area (TPSA) is 63.7 Å². The van der Waals surface area contributed by atoms with Crippen LogP contribution in [-0.4, -0.2) is 17.8 Å². The van der Waals surface area contributed by atoms with E-state index in [-0.39, 0.29) is 17.3 Å². The highest BCUT2D eigenvalue weighted by molar-refractivity contribution is 6.34. The predicted octanol–water partition coefficient (Wildman–Crippen LogP) is 3.29. The molecular formula is C17H15ClFNO4. The SMILES string of the molecule is CC(=O)OCc1cc(N2C(=O)C3=C(CCCC3)C2=O)c(F)cc1Cl. The average molecular weight is 352 g/mol. The second kappa shape index (κ2) is 6.36. The molecule has 1 aromatic rings. The van der Waals surface area contributed by atoms with Crippen molar-refractivity contribution in [2.45, 2.75) is 39.2 Å². The van der Waals surface area contributed by atoms with Gasteiger partial charge in [-0.15, -0.1) is 0 Å². The lowest BCUT2D eigenvalue weighted by atomic mass is 9.93. The van der Waals surface area contributed by atoms with Crippen molar-refractivity contribution in [2.24, 2.45) is 0 Å². The summed E-state index contributed by atoms with van der Waals surface area (Å²) in [4.78, 5) is 36.9. The van der Waals surface area contributed by atoms with Gasteiger partial charge in [-0.3, -0.25) is 14.4 Å². The Morgan fingerprint density at radius 3 is 2.33 bits per heavy atom. The van der Waals surface area contributed by atoms with Gasteiger partial charge in [0.2, 0.25) is 0 Å². The third kappa shape index (κ3) is 2.82. The zero-order valence-electron chi connectivity index (χ0n) is 13.0. The molecule has 0 radical (unpaired) electrons. The summed E-state index contributed by atoms with van der Waals surface area (Å²) in [5.74, 6) is -2.24. The Morgan fingerprint density at radius 2 is 1.79 bits per heavy atom. The Morgan fingerprint density at radius 1 is 1.21 bits per heavy atom. The van der Waals surface area contributed by atoms with Gasteiger partial charge in [-0.1, -0.05) is 11.6 Å². The molecule has 0 aromatic heterocycles. The van der Waals surface area contributed by atoms with Crippen LogP contribution >= 0.6 is 11.6 Å². The fourth-order valence-corrected chi connectivity index (χ4v) is 3.21. The molecule has 0 spiro atoms. The first kappa shape index (κ1) is 16.6. The molecule has 1 aliphatic carbocycles. The van der Waals surface area contributed by atoms with Crippen LogP contribution in [0.4, 0.5) is 10.1 Å². The van der Waals surface area contributed by atoms with E-state index in [4.69, 9.17) is 16.3 Å². The maximum Gasteiger partial charge on any atom is 0.302 e. The smallest absolute Gasteiger partial charge is 0.302 e. The zero-order chi connectivity index (χ0) is 17.4. The van der Waals surface area contributed by atoms with Crippen LogP contribution in [0.15, 0.2) is 23.3 Å². The minimum Gasteiger partial charge on any atom is -0.461 e. The van der Waals surface area contributed by atoms with Gasteiger partial charge in [0.15, 0.2) is 0 Å².